The van der Waals surface area contributed by atoms with Gasteiger partial charge in [-0.3, -0.25) is 19.0 Å². The van der Waals surface area contributed by atoms with Gasteiger partial charge < -0.3 is 41.0 Å². The molecule has 3 aromatic heterocycles. The molecule has 2 unspecified atom stereocenters. The predicted molar refractivity (Wildman–Crippen MR) is 294 cm³/mol. The summed E-state index contributed by atoms with van der Waals surface area (Å²) in [5.41, 5.74) is 11.9. The number of thioether (sulfide) groups is 1. The molecular weight excluding hydrogens is 1040 g/mol. The number of amides is 3. The predicted octanol–water partition coefficient (Wildman–Crippen LogP) is 8.37. The van der Waals surface area contributed by atoms with E-state index in [2.05, 4.69) is 31.9 Å². The lowest BCUT2D eigenvalue weighted by Gasteiger charge is -2.36. The van der Waals surface area contributed by atoms with E-state index in [-0.39, 0.29) is 84.0 Å². The molecule has 0 spiro atoms. The standard InChI is InChI=1S/C54H60ClFN10O6S3/c1-28(30-8-10-31(11-9-30)45-29(2)59-27-74-45)60-51(68)40-7-6-17-65(40)52(69)48(54(3,4)5)62-41(67)16-18-71-19-20-72-25-34-26-73-47-43(35-14-15-39(56)46-42(35)37(22-57)49(58)75-46)38(55)21-36-44(47)66(34)53(70)63-50(36)64-23-32-12-13-33(24-64)61-32/h8-11,14-15,21,27-28,32-34,40,48,61H,6-7,12-13,16-20,23-26,58H2,1-5H3,(H,60,68)(H,62,67)/t28-,32?,33?,34-,40-,48+/m0/s1. The van der Waals surface area contributed by atoms with E-state index in [1.807, 2.05) is 70.5 Å². The van der Waals surface area contributed by atoms with E-state index < -0.39 is 35.0 Å². The maximum atomic E-state index is 15.3. The topological polar surface area (TPSA) is 210 Å². The highest BCUT2D eigenvalue weighted by atomic mass is 35.5. The molecule has 3 fully saturated rings. The number of anilines is 2. The molecule has 75 heavy (non-hydrogen) atoms. The lowest BCUT2D eigenvalue weighted by Crippen LogP contribution is -2.57. The number of thiazole rings is 1. The number of fused-ring (bicyclic) bond motifs is 3. The van der Waals surface area contributed by atoms with E-state index in [4.69, 9.17) is 31.8 Å². The monoisotopic (exact) mass is 1090 g/mol. The zero-order valence-electron chi connectivity index (χ0n) is 42.5. The van der Waals surface area contributed by atoms with Gasteiger partial charge in [0, 0.05) is 65.1 Å². The van der Waals surface area contributed by atoms with Gasteiger partial charge in [-0.2, -0.15) is 10.2 Å². The van der Waals surface area contributed by atoms with Crippen molar-refractivity contribution in [1.82, 2.24) is 35.4 Å². The third kappa shape index (κ3) is 10.5. The van der Waals surface area contributed by atoms with Gasteiger partial charge in [0.05, 0.1) is 75.4 Å². The second kappa shape index (κ2) is 21.8. The second-order valence-corrected chi connectivity index (χ2v) is 24.3. The molecule has 10 rings (SSSR count). The van der Waals surface area contributed by atoms with Gasteiger partial charge in [0.1, 0.15) is 34.8 Å². The fourth-order valence-corrected chi connectivity index (χ4v) is 14.4. The molecule has 7 heterocycles. The number of benzene rings is 3. The summed E-state index contributed by atoms with van der Waals surface area (Å²) in [6.07, 6.45) is 3.27. The Labute approximate surface area is 451 Å². The minimum Gasteiger partial charge on any atom is -0.389 e. The molecule has 3 amide bonds. The number of nitrogens with one attached hydrogen (secondary N) is 3. The van der Waals surface area contributed by atoms with Crippen LogP contribution in [0.1, 0.15) is 88.7 Å². The lowest BCUT2D eigenvalue weighted by molar-refractivity contribution is -0.144. The minimum absolute atomic E-state index is 0.00223. The van der Waals surface area contributed by atoms with Crippen LogP contribution in [-0.4, -0.2) is 113 Å². The highest BCUT2D eigenvalue weighted by Crippen LogP contribution is 2.51. The number of halogens is 2. The molecule has 16 nitrogen and oxygen atoms in total. The zero-order chi connectivity index (χ0) is 52.9. The van der Waals surface area contributed by atoms with Gasteiger partial charge in [0.15, 0.2) is 0 Å². The highest BCUT2D eigenvalue weighted by Gasteiger charge is 2.42. The quantitative estimate of drug-likeness (QED) is 0.0673. The third-order valence-electron chi connectivity index (χ3n) is 14.8. The summed E-state index contributed by atoms with van der Waals surface area (Å²) >= 11 is 11.4. The summed E-state index contributed by atoms with van der Waals surface area (Å²) in [7, 11) is 0. The van der Waals surface area contributed by atoms with Gasteiger partial charge in [-0.1, -0.05) is 62.7 Å². The lowest BCUT2D eigenvalue weighted by atomic mass is 9.85. The number of thiophene rings is 1. The van der Waals surface area contributed by atoms with Crippen LogP contribution in [0.15, 0.2) is 57.7 Å². The van der Waals surface area contributed by atoms with Crippen LogP contribution in [0.4, 0.5) is 15.2 Å². The maximum absolute atomic E-state index is 15.3. The minimum atomic E-state index is -0.876. The highest BCUT2D eigenvalue weighted by molar-refractivity contribution is 7.99. The van der Waals surface area contributed by atoms with Crippen molar-refractivity contribution in [2.75, 3.05) is 62.4 Å². The number of rotatable bonds is 16. The summed E-state index contributed by atoms with van der Waals surface area (Å²) in [5, 5.41) is 21.6. The van der Waals surface area contributed by atoms with E-state index in [0.717, 1.165) is 50.8 Å². The molecule has 4 aliphatic rings. The van der Waals surface area contributed by atoms with E-state index in [9.17, 15) is 24.4 Å². The molecule has 6 atom stereocenters. The van der Waals surface area contributed by atoms with Crippen LogP contribution in [0.2, 0.25) is 5.02 Å². The summed E-state index contributed by atoms with van der Waals surface area (Å²) < 4.78 is 29.2. The SMILES string of the molecule is Cc1ncsc1-c1ccc([C@H](C)NC(=O)[C@@H]2CCCN2C(=O)[C@@H](NC(=O)CCOCCOC[C@H]2CSc3c(-c4ccc(F)c5sc(N)c(C#N)c45)c(Cl)cc4c(N5CC6CCC(C5)N6)nc(=O)n2c34)C(C)(C)C)cc1. The molecule has 3 aromatic carbocycles. The van der Waals surface area contributed by atoms with Crippen LogP contribution >= 0.6 is 46.0 Å². The van der Waals surface area contributed by atoms with Crippen molar-refractivity contribution in [3.63, 3.8) is 0 Å². The van der Waals surface area contributed by atoms with Gasteiger partial charge in [-0.05, 0) is 73.8 Å². The number of nitrogens with zero attached hydrogens (tertiary/aromatic N) is 6. The van der Waals surface area contributed by atoms with E-state index in [1.54, 1.807) is 26.9 Å². The molecule has 0 aliphatic carbocycles. The van der Waals surface area contributed by atoms with Crippen molar-refractivity contribution in [3.8, 4) is 27.6 Å². The van der Waals surface area contributed by atoms with Crippen molar-refractivity contribution in [2.45, 2.75) is 108 Å². The van der Waals surface area contributed by atoms with Gasteiger partial charge in [-0.15, -0.1) is 34.4 Å². The van der Waals surface area contributed by atoms with Crippen LogP contribution in [0.25, 0.3) is 42.6 Å². The summed E-state index contributed by atoms with van der Waals surface area (Å²) in [4.78, 5) is 70.4. The van der Waals surface area contributed by atoms with E-state index >= 15 is 4.39 Å². The van der Waals surface area contributed by atoms with Gasteiger partial charge >= 0.3 is 5.69 Å². The zero-order valence-corrected chi connectivity index (χ0v) is 45.7. The molecule has 0 radical (unpaired) electrons. The molecule has 6 aromatic rings. The number of aromatic nitrogens is 3. The largest absolute Gasteiger partial charge is 0.389 e. The average molecular weight is 1100 g/mol. The van der Waals surface area contributed by atoms with Gasteiger partial charge in [0.25, 0.3) is 0 Å². The number of carbonyl (C=O) groups is 3. The second-order valence-electron chi connectivity index (χ2n) is 20.9. The van der Waals surface area contributed by atoms with Crippen LogP contribution in [-0.2, 0) is 23.9 Å². The molecule has 5 N–H and O–H groups in total. The fraction of sp³-hybridized carbons (Fsp3) is 0.463. The number of aryl methyl sites for hydroxylation is 1. The third-order valence-corrected chi connectivity index (χ3v) is 18.3. The average Bonchev–Trinajstić information content (AvgIpc) is 4.23. The number of nitriles is 1. The first-order valence-electron chi connectivity index (χ1n) is 25.4. The fourth-order valence-electron chi connectivity index (χ4n) is 11.0. The normalized spacial score (nSPS) is 20.1. The summed E-state index contributed by atoms with van der Waals surface area (Å²) in [6.45, 7) is 12.0. The molecule has 3 saturated heterocycles. The smallest absolute Gasteiger partial charge is 0.350 e. The number of ether oxygens (including phenoxy) is 2. The van der Waals surface area contributed by atoms with Gasteiger partial charge in [0.2, 0.25) is 17.7 Å². The Morgan fingerprint density at radius 3 is 2.51 bits per heavy atom. The molecule has 21 heteroatoms. The molecule has 0 saturated carbocycles. The van der Waals surface area contributed by atoms with Crippen LogP contribution in [0, 0.1) is 29.5 Å². The Hall–Kier alpha value is -5.66. The molecule has 394 valence electrons. The van der Waals surface area contributed by atoms with E-state index in [1.165, 1.54) is 17.8 Å². The Balaban J connectivity index is 0.769. The molecule has 2 bridgehead atoms. The first-order chi connectivity index (χ1) is 36.0. The van der Waals surface area contributed by atoms with Crippen molar-refractivity contribution in [3.05, 3.63) is 86.1 Å². The molecular formula is C54H60ClFN10O6S3. The van der Waals surface area contributed by atoms with Crippen molar-refractivity contribution in [1.29, 1.82) is 5.26 Å². The van der Waals surface area contributed by atoms with Gasteiger partial charge in [-0.25, -0.2) is 14.2 Å². The van der Waals surface area contributed by atoms with E-state index in [0.29, 0.717) is 76.5 Å². The number of likely N-dealkylation sites (tertiary alicyclic amines) is 1. The van der Waals surface area contributed by atoms with Crippen molar-refractivity contribution >= 4 is 95.6 Å². The van der Waals surface area contributed by atoms with Crippen LogP contribution < -0.4 is 32.3 Å². The number of nitrogen functional groups attached to an aromatic ring is 1. The van der Waals surface area contributed by atoms with Crippen molar-refractivity contribution in [2.24, 2.45) is 5.41 Å². The Morgan fingerprint density at radius 2 is 1.80 bits per heavy atom. The first-order valence-corrected chi connectivity index (χ1v) is 28.5. The number of piperazine rings is 1. The molecule has 4 aliphatic heterocycles. The Kier molecular flexibility index (Phi) is 15.3. The summed E-state index contributed by atoms with van der Waals surface area (Å²) in [6, 6.07) is 13.3. The number of hydrogen-bond donors (Lipinski definition) is 4. The Morgan fingerprint density at radius 1 is 1.05 bits per heavy atom. The first kappa shape index (κ1) is 52.8. The van der Waals surface area contributed by atoms with Crippen LogP contribution in [0.5, 0.6) is 0 Å². The number of hydrogen-bond acceptors (Lipinski definition) is 15. The number of carbonyl (C=O) groups excluding carboxylic acids is 3. The number of nitrogens with two attached hydrogens (primary N) is 1. The Bertz CT molecular complexity index is 3290. The summed E-state index contributed by atoms with van der Waals surface area (Å²) in [5.74, 6) is -0.383. The van der Waals surface area contributed by atoms with Crippen LogP contribution in [0.3, 0.4) is 0 Å². The maximum Gasteiger partial charge on any atom is 0.350 e. The van der Waals surface area contributed by atoms with Crippen molar-refractivity contribution < 1.29 is 28.2 Å².